The monoisotopic (exact) mass is 509 g/mol. The van der Waals surface area contributed by atoms with E-state index >= 15 is 0 Å². The number of aromatic nitrogens is 4. The first-order valence-electron chi connectivity index (χ1n) is 11.8. The molecule has 1 atom stereocenters. The molecule has 5 aromatic rings. The summed E-state index contributed by atoms with van der Waals surface area (Å²) >= 11 is 0. The minimum atomic E-state index is -0.799. The molecule has 0 bridgehead atoms. The predicted molar refractivity (Wildman–Crippen MR) is 145 cm³/mol. The number of nitrogen functional groups attached to an aromatic ring is 1. The van der Waals surface area contributed by atoms with Crippen molar-refractivity contribution >= 4 is 40.5 Å². The first kappa shape index (κ1) is 24.6. The zero-order valence-electron chi connectivity index (χ0n) is 20.7. The molecule has 0 saturated heterocycles. The number of benzene rings is 3. The Morgan fingerprint density at radius 2 is 1.84 bits per heavy atom. The number of aliphatic imine (C=N–C) groups is 1. The number of rotatable bonds is 6. The number of amides is 1. The number of para-hydroxylation sites is 2. The highest BCUT2D eigenvalue weighted by molar-refractivity contribution is 6.13. The highest BCUT2D eigenvalue weighted by Gasteiger charge is 2.27. The van der Waals surface area contributed by atoms with E-state index in [1.165, 1.54) is 29.4 Å². The number of phenolic OH excluding ortho intramolecular Hbond substituents is 1. The van der Waals surface area contributed by atoms with Crippen LogP contribution in [0.5, 0.6) is 5.75 Å². The van der Waals surface area contributed by atoms with Crippen LogP contribution in [0.25, 0.3) is 22.3 Å². The molecule has 2 aromatic heterocycles. The van der Waals surface area contributed by atoms with E-state index < -0.39 is 17.6 Å². The number of anilines is 2. The zero-order valence-corrected chi connectivity index (χ0v) is 20.7. The van der Waals surface area contributed by atoms with Gasteiger partial charge in [0.25, 0.3) is 0 Å². The van der Waals surface area contributed by atoms with Gasteiger partial charge in [-0.1, -0.05) is 36.4 Å². The van der Waals surface area contributed by atoms with Crippen molar-refractivity contribution in [1.29, 1.82) is 0 Å². The molecule has 0 radical (unpaired) electrons. The molecule has 1 amide bonds. The predicted octanol–water partition coefficient (Wildman–Crippen LogP) is 5.18. The van der Waals surface area contributed by atoms with Crippen LogP contribution in [-0.4, -0.2) is 37.1 Å². The third kappa shape index (κ3) is 4.43. The summed E-state index contributed by atoms with van der Waals surface area (Å²) in [7, 11) is 0. The minimum absolute atomic E-state index is 0.157. The average molecular weight is 510 g/mol. The van der Waals surface area contributed by atoms with Crippen LogP contribution in [0.1, 0.15) is 18.5 Å². The van der Waals surface area contributed by atoms with Gasteiger partial charge in [0.1, 0.15) is 29.7 Å². The molecule has 0 spiro atoms. The van der Waals surface area contributed by atoms with Crippen molar-refractivity contribution in [3.63, 3.8) is 0 Å². The number of halogens is 1. The van der Waals surface area contributed by atoms with Gasteiger partial charge in [-0.3, -0.25) is 9.69 Å². The first-order chi connectivity index (χ1) is 18.4. The summed E-state index contributed by atoms with van der Waals surface area (Å²) in [6.45, 7) is 3.77. The summed E-state index contributed by atoms with van der Waals surface area (Å²) in [5.41, 5.74) is 9.54. The van der Waals surface area contributed by atoms with Gasteiger partial charge in [-0.2, -0.15) is 5.10 Å². The number of fused-ring (bicyclic) bond motifs is 1. The molecular weight excluding hydrogens is 485 g/mol. The van der Waals surface area contributed by atoms with Crippen molar-refractivity contribution in [2.24, 2.45) is 4.99 Å². The van der Waals surface area contributed by atoms with Crippen LogP contribution in [0.3, 0.4) is 0 Å². The second kappa shape index (κ2) is 10.1. The molecule has 9 nitrogen and oxygen atoms in total. The van der Waals surface area contributed by atoms with Gasteiger partial charge in [0.15, 0.2) is 17.2 Å². The molecule has 38 heavy (non-hydrogen) atoms. The lowest BCUT2D eigenvalue weighted by Crippen LogP contribution is -2.36. The quantitative estimate of drug-likeness (QED) is 0.185. The van der Waals surface area contributed by atoms with Crippen molar-refractivity contribution in [3.05, 3.63) is 90.5 Å². The van der Waals surface area contributed by atoms with Crippen molar-refractivity contribution in [3.8, 4) is 17.0 Å². The van der Waals surface area contributed by atoms with E-state index in [4.69, 9.17) is 15.8 Å². The largest absolute Gasteiger partial charge is 0.505 e. The van der Waals surface area contributed by atoms with E-state index in [-0.39, 0.29) is 5.82 Å². The summed E-state index contributed by atoms with van der Waals surface area (Å²) in [5.74, 6) is -0.742. The van der Waals surface area contributed by atoms with Crippen molar-refractivity contribution in [2.75, 3.05) is 10.6 Å². The number of phenols is 1. The highest BCUT2D eigenvalue weighted by Crippen LogP contribution is 2.34. The smallest absolute Gasteiger partial charge is 0.219 e. The molecule has 1 unspecified atom stereocenters. The number of carbonyl (C=O) groups excluding carboxylic acids is 1. The van der Waals surface area contributed by atoms with E-state index in [1.807, 2.05) is 56.3 Å². The number of hydrogen-bond acceptors (Lipinski definition) is 7. The molecule has 5 rings (SSSR count). The Morgan fingerprint density at radius 1 is 1.11 bits per heavy atom. The van der Waals surface area contributed by atoms with Gasteiger partial charge in [-0.15, -0.1) is 0 Å². The van der Waals surface area contributed by atoms with Crippen LogP contribution in [0.4, 0.5) is 21.6 Å². The van der Waals surface area contributed by atoms with Gasteiger partial charge in [-0.25, -0.2) is 24.0 Å². The van der Waals surface area contributed by atoms with Crippen molar-refractivity contribution < 1.29 is 14.3 Å². The Balaban J connectivity index is 1.74. The third-order valence-electron chi connectivity index (χ3n) is 6.22. The average Bonchev–Trinajstić information content (AvgIpc) is 3.32. The molecule has 3 aromatic carbocycles. The van der Waals surface area contributed by atoms with E-state index in [2.05, 4.69) is 9.97 Å². The van der Waals surface area contributed by atoms with E-state index in [0.29, 0.717) is 45.9 Å². The van der Waals surface area contributed by atoms with Gasteiger partial charge >= 0.3 is 0 Å². The van der Waals surface area contributed by atoms with Gasteiger partial charge in [0.05, 0.1) is 11.1 Å². The fourth-order valence-electron chi connectivity index (χ4n) is 4.23. The van der Waals surface area contributed by atoms with Crippen LogP contribution in [0.15, 0.2) is 84.1 Å². The SMILES string of the molecule is Cc1ccccc1N=C(C(C)n1nc(-c2ccc(O)c(F)c2)c2c(N)ncnc21)N(C=O)c1ccccc1. The summed E-state index contributed by atoms with van der Waals surface area (Å²) in [4.78, 5) is 27.4. The lowest BCUT2D eigenvalue weighted by atomic mass is 10.1. The standard InChI is InChI=1S/C28H24FN7O2/c1-17-8-6-7-11-22(17)33-27(35(16-37)20-9-4-3-5-10-20)18(2)36-28-24(26(30)31-15-32-28)25(34-36)19-12-13-23(38)21(29)14-19/h3-16,18,38H,1-2H3,(H2,30,31,32). The Bertz CT molecular complexity index is 1670. The number of aromatic hydroxyl groups is 1. The van der Waals surface area contributed by atoms with E-state index in [0.717, 1.165) is 5.56 Å². The molecule has 10 heteroatoms. The van der Waals surface area contributed by atoms with Crippen LogP contribution in [-0.2, 0) is 4.79 Å². The number of amidine groups is 1. The van der Waals surface area contributed by atoms with Crippen molar-refractivity contribution in [2.45, 2.75) is 19.9 Å². The van der Waals surface area contributed by atoms with E-state index in [1.54, 1.807) is 16.8 Å². The van der Waals surface area contributed by atoms with Crippen LogP contribution in [0, 0.1) is 12.7 Å². The fraction of sp³-hybridized carbons (Fsp3) is 0.107. The number of nitrogens with zero attached hydrogens (tertiary/aromatic N) is 6. The second-order valence-electron chi connectivity index (χ2n) is 8.66. The highest BCUT2D eigenvalue weighted by atomic mass is 19.1. The van der Waals surface area contributed by atoms with E-state index in [9.17, 15) is 14.3 Å². The normalized spacial score (nSPS) is 12.4. The third-order valence-corrected chi connectivity index (χ3v) is 6.22. The molecular formula is C28H24FN7O2. The Morgan fingerprint density at radius 3 is 2.55 bits per heavy atom. The summed E-state index contributed by atoms with van der Waals surface area (Å²) < 4.78 is 15.9. The van der Waals surface area contributed by atoms with Crippen LogP contribution >= 0.6 is 0 Å². The van der Waals surface area contributed by atoms with Crippen LogP contribution in [0.2, 0.25) is 0 Å². The Kier molecular flexibility index (Phi) is 6.53. The van der Waals surface area contributed by atoms with Crippen molar-refractivity contribution in [1.82, 2.24) is 19.7 Å². The molecule has 0 aliphatic rings. The minimum Gasteiger partial charge on any atom is -0.505 e. The van der Waals surface area contributed by atoms with Gasteiger partial charge in [0, 0.05) is 11.3 Å². The first-order valence-corrected chi connectivity index (χ1v) is 11.8. The molecule has 0 aliphatic heterocycles. The number of aryl methyl sites for hydroxylation is 1. The number of hydrogen-bond donors (Lipinski definition) is 2. The van der Waals surface area contributed by atoms with Gasteiger partial charge in [-0.05, 0) is 55.8 Å². The maximum atomic E-state index is 14.3. The second-order valence-corrected chi connectivity index (χ2v) is 8.66. The molecule has 0 aliphatic carbocycles. The summed E-state index contributed by atoms with van der Waals surface area (Å²) in [6, 6.07) is 20.0. The topological polar surface area (TPSA) is 123 Å². The molecule has 2 heterocycles. The maximum absolute atomic E-state index is 14.3. The number of nitrogens with two attached hydrogens (primary N) is 1. The van der Waals surface area contributed by atoms with Crippen LogP contribution < -0.4 is 10.6 Å². The molecule has 0 saturated carbocycles. The summed E-state index contributed by atoms with van der Waals surface area (Å²) in [6.07, 6.45) is 2.02. The lowest BCUT2D eigenvalue weighted by molar-refractivity contribution is -0.106. The number of carbonyl (C=O) groups is 1. The molecule has 190 valence electrons. The zero-order chi connectivity index (χ0) is 26.8. The molecule has 3 N–H and O–H groups in total. The Labute approximate surface area is 217 Å². The lowest BCUT2D eigenvalue weighted by Gasteiger charge is -2.25. The van der Waals surface area contributed by atoms with Gasteiger partial charge < -0.3 is 10.8 Å². The Hall–Kier alpha value is -5.12. The fourth-order valence-corrected chi connectivity index (χ4v) is 4.23. The van der Waals surface area contributed by atoms with Gasteiger partial charge in [0.2, 0.25) is 6.41 Å². The molecule has 0 fully saturated rings. The maximum Gasteiger partial charge on any atom is 0.219 e. The summed E-state index contributed by atoms with van der Waals surface area (Å²) in [5, 5.41) is 14.8.